The van der Waals surface area contributed by atoms with Crippen LogP contribution in [0.3, 0.4) is 0 Å². The lowest BCUT2D eigenvalue weighted by atomic mass is 10.2. The number of benzene rings is 1. The number of fused-ring (bicyclic) bond motifs is 3. The van der Waals surface area contributed by atoms with Crippen molar-refractivity contribution in [3.8, 4) is 0 Å². The highest BCUT2D eigenvalue weighted by atomic mass is 16.6. The molecule has 0 amide bonds. The summed E-state index contributed by atoms with van der Waals surface area (Å²) >= 11 is 0. The van der Waals surface area contributed by atoms with Crippen LogP contribution in [0.15, 0.2) is 40.9 Å². The Morgan fingerprint density at radius 2 is 2.12 bits per heavy atom. The molecule has 0 atom stereocenters. The Bertz CT molecular complexity index is 703. The van der Waals surface area contributed by atoms with Crippen molar-refractivity contribution in [2.75, 3.05) is 0 Å². The van der Waals surface area contributed by atoms with Crippen molar-refractivity contribution in [1.82, 2.24) is 4.98 Å². The van der Waals surface area contributed by atoms with E-state index < -0.39 is 4.92 Å². The van der Waals surface area contributed by atoms with Gasteiger partial charge >= 0.3 is 0 Å². The Kier molecular flexibility index (Phi) is 1.67. The van der Waals surface area contributed by atoms with Crippen LogP contribution in [-0.2, 0) is 0 Å². The van der Waals surface area contributed by atoms with Gasteiger partial charge in [-0.15, -0.1) is 0 Å². The van der Waals surface area contributed by atoms with Gasteiger partial charge in [0.2, 0.25) is 5.71 Å². The second kappa shape index (κ2) is 3.03. The molecular formula is C11H6N2O3. The van der Waals surface area contributed by atoms with Crippen LogP contribution in [0.2, 0.25) is 0 Å². The molecule has 0 N–H and O–H groups in total. The highest BCUT2D eigenvalue weighted by Crippen LogP contribution is 2.29. The molecule has 0 bridgehead atoms. The van der Waals surface area contributed by atoms with E-state index in [4.69, 9.17) is 4.42 Å². The van der Waals surface area contributed by atoms with Crippen molar-refractivity contribution in [1.29, 1.82) is 0 Å². The minimum atomic E-state index is -0.444. The smallest absolute Gasteiger partial charge is 0.273 e. The highest BCUT2D eigenvalue weighted by molar-refractivity contribution is 6.03. The topological polar surface area (TPSA) is 69.2 Å². The van der Waals surface area contributed by atoms with E-state index in [9.17, 15) is 10.1 Å². The van der Waals surface area contributed by atoms with Crippen molar-refractivity contribution >= 4 is 27.8 Å². The minimum absolute atomic E-state index is 0.0200. The Hall–Kier alpha value is -2.43. The molecule has 0 aliphatic rings. The summed E-state index contributed by atoms with van der Waals surface area (Å²) in [7, 11) is 0. The second-order valence-corrected chi connectivity index (χ2v) is 3.40. The maximum Gasteiger partial charge on any atom is 0.273 e. The summed E-state index contributed by atoms with van der Waals surface area (Å²) < 4.78 is 5.43. The molecular weight excluding hydrogens is 208 g/mol. The van der Waals surface area contributed by atoms with E-state index in [1.54, 1.807) is 18.3 Å². The van der Waals surface area contributed by atoms with Gasteiger partial charge in [-0.1, -0.05) is 0 Å². The van der Waals surface area contributed by atoms with Gasteiger partial charge < -0.3 is 4.42 Å². The first-order valence-corrected chi connectivity index (χ1v) is 4.67. The van der Waals surface area contributed by atoms with E-state index in [-0.39, 0.29) is 5.69 Å². The van der Waals surface area contributed by atoms with E-state index in [0.29, 0.717) is 11.3 Å². The summed E-state index contributed by atoms with van der Waals surface area (Å²) in [6, 6.07) is 8.24. The number of aromatic nitrogens is 1. The maximum atomic E-state index is 10.6. The van der Waals surface area contributed by atoms with Gasteiger partial charge in [-0.3, -0.25) is 10.1 Å². The quantitative estimate of drug-likeness (QED) is 0.461. The molecule has 0 radical (unpaired) electrons. The van der Waals surface area contributed by atoms with Crippen LogP contribution < -0.4 is 0 Å². The predicted octanol–water partition coefficient (Wildman–Crippen LogP) is 2.89. The largest absolute Gasteiger partial charge is 0.437 e. The summed E-state index contributed by atoms with van der Waals surface area (Å²) in [6.45, 7) is 0. The predicted molar refractivity (Wildman–Crippen MR) is 58.2 cm³/mol. The summed E-state index contributed by atoms with van der Waals surface area (Å²) in [4.78, 5) is 14.2. The van der Waals surface area contributed by atoms with Crippen molar-refractivity contribution in [2.24, 2.45) is 0 Å². The van der Waals surface area contributed by atoms with Crippen LogP contribution in [0.5, 0.6) is 0 Å². The Morgan fingerprint density at radius 3 is 2.94 bits per heavy atom. The third-order valence-corrected chi connectivity index (χ3v) is 2.44. The first kappa shape index (κ1) is 8.84. The van der Waals surface area contributed by atoms with Crippen LogP contribution in [0, 0.1) is 10.1 Å². The number of furan rings is 1. The molecule has 5 nitrogen and oxygen atoms in total. The van der Waals surface area contributed by atoms with E-state index in [2.05, 4.69) is 4.98 Å². The molecule has 0 saturated carbocycles. The Morgan fingerprint density at radius 1 is 1.25 bits per heavy atom. The van der Waals surface area contributed by atoms with E-state index in [0.717, 1.165) is 10.8 Å². The molecule has 2 heterocycles. The fourth-order valence-corrected chi connectivity index (χ4v) is 1.71. The maximum absolute atomic E-state index is 10.6. The molecule has 16 heavy (non-hydrogen) atoms. The van der Waals surface area contributed by atoms with Gasteiger partial charge in [0.25, 0.3) is 5.69 Å². The third kappa shape index (κ3) is 1.15. The van der Waals surface area contributed by atoms with E-state index in [1.165, 1.54) is 12.1 Å². The summed E-state index contributed by atoms with van der Waals surface area (Å²) in [5.41, 5.74) is 1.01. The van der Waals surface area contributed by atoms with Crippen molar-refractivity contribution < 1.29 is 9.34 Å². The van der Waals surface area contributed by atoms with Crippen molar-refractivity contribution in [3.63, 3.8) is 0 Å². The number of non-ortho nitro benzene ring substituents is 1. The molecule has 78 valence electrons. The summed E-state index contributed by atoms with van der Waals surface area (Å²) in [5, 5.41) is 12.3. The van der Waals surface area contributed by atoms with Gasteiger partial charge in [0.1, 0.15) is 5.58 Å². The highest BCUT2D eigenvalue weighted by Gasteiger charge is 2.11. The minimum Gasteiger partial charge on any atom is -0.437 e. The molecule has 1 aromatic carbocycles. The third-order valence-electron chi connectivity index (χ3n) is 2.44. The zero-order chi connectivity index (χ0) is 11.1. The average molecular weight is 214 g/mol. The first-order chi connectivity index (χ1) is 7.75. The zero-order valence-corrected chi connectivity index (χ0v) is 8.08. The fraction of sp³-hybridized carbons (Fsp3) is 0. The molecule has 0 fully saturated rings. The molecule has 0 saturated heterocycles. The number of hydrogen-bond acceptors (Lipinski definition) is 4. The van der Waals surface area contributed by atoms with Gasteiger partial charge in [-0.25, -0.2) is 4.98 Å². The Balaban J connectivity index is 2.41. The number of hydrogen-bond donors (Lipinski definition) is 0. The zero-order valence-electron chi connectivity index (χ0n) is 8.08. The van der Waals surface area contributed by atoms with Crippen LogP contribution >= 0.6 is 0 Å². The second-order valence-electron chi connectivity index (χ2n) is 3.40. The number of rotatable bonds is 1. The number of pyridine rings is 1. The lowest BCUT2D eigenvalue weighted by Crippen LogP contribution is -1.85. The number of nitro benzene ring substituents is 1. The van der Waals surface area contributed by atoms with Crippen LogP contribution in [0.4, 0.5) is 5.69 Å². The lowest BCUT2D eigenvalue weighted by molar-refractivity contribution is -0.384. The average Bonchev–Trinajstić information content (AvgIpc) is 2.66. The lowest BCUT2D eigenvalue weighted by Gasteiger charge is -1.90. The number of nitro groups is 1. The summed E-state index contributed by atoms with van der Waals surface area (Å²) in [5.74, 6) is 0. The van der Waals surface area contributed by atoms with Gasteiger partial charge in [-0.05, 0) is 18.2 Å². The monoisotopic (exact) mass is 214 g/mol. The van der Waals surface area contributed by atoms with E-state index >= 15 is 0 Å². The molecule has 3 rings (SSSR count). The van der Waals surface area contributed by atoms with Gasteiger partial charge in [-0.2, -0.15) is 0 Å². The van der Waals surface area contributed by atoms with Crippen LogP contribution in [-0.4, -0.2) is 9.91 Å². The molecule has 0 unspecified atom stereocenters. The molecule has 0 aliphatic carbocycles. The van der Waals surface area contributed by atoms with E-state index in [1.807, 2.05) is 6.07 Å². The molecule has 5 heteroatoms. The molecule has 0 aliphatic heterocycles. The fourth-order valence-electron chi connectivity index (χ4n) is 1.71. The summed E-state index contributed by atoms with van der Waals surface area (Å²) in [6.07, 6.45) is 1.62. The molecule has 2 aromatic heterocycles. The van der Waals surface area contributed by atoms with Gasteiger partial charge in [0, 0.05) is 23.0 Å². The molecule has 3 aromatic rings. The normalized spacial score (nSPS) is 11.0. The SMILES string of the molecule is O=[N+]([O-])c1ccc2c(c1)oc1ncccc12. The van der Waals surface area contributed by atoms with Gasteiger partial charge in [0.15, 0.2) is 0 Å². The number of nitrogens with zero attached hydrogens (tertiary/aromatic N) is 2. The molecule has 0 spiro atoms. The van der Waals surface area contributed by atoms with Crippen molar-refractivity contribution in [2.45, 2.75) is 0 Å². The van der Waals surface area contributed by atoms with Crippen LogP contribution in [0.25, 0.3) is 22.1 Å². The first-order valence-electron chi connectivity index (χ1n) is 4.67. The van der Waals surface area contributed by atoms with Gasteiger partial charge in [0.05, 0.1) is 11.0 Å². The van der Waals surface area contributed by atoms with Crippen LogP contribution in [0.1, 0.15) is 0 Å². The standard InChI is InChI=1S/C11H6N2O3/c14-13(15)7-3-4-8-9-2-1-5-12-11(9)16-10(8)6-7/h1-6H. The Labute approximate surface area is 89.5 Å². The van der Waals surface area contributed by atoms with Crippen molar-refractivity contribution in [3.05, 3.63) is 46.6 Å².